The molecule has 0 bridgehead atoms. The molecule has 0 fully saturated rings. The van der Waals surface area contributed by atoms with Crippen molar-refractivity contribution in [1.29, 1.82) is 0 Å². The monoisotopic (exact) mass is 485 g/mol. The van der Waals surface area contributed by atoms with E-state index in [0.717, 1.165) is 11.1 Å². The number of nitrogens with zero attached hydrogens (tertiary/aromatic N) is 4. The molecular weight excluding hydrogens is 458 g/mol. The number of aromatic nitrogens is 3. The zero-order valence-electron chi connectivity index (χ0n) is 20.6. The van der Waals surface area contributed by atoms with Crippen molar-refractivity contribution in [3.05, 3.63) is 99.7 Å². The summed E-state index contributed by atoms with van der Waals surface area (Å²) < 4.78 is 6.62. The quantitative estimate of drug-likeness (QED) is 0.253. The highest BCUT2D eigenvalue weighted by Crippen LogP contribution is 2.27. The van der Waals surface area contributed by atoms with E-state index in [1.165, 1.54) is 16.8 Å². The molecule has 1 N–H and O–H groups in total. The number of nitro groups is 1. The number of anilines is 2. The molecule has 2 aromatic carbocycles. The van der Waals surface area contributed by atoms with E-state index in [0.29, 0.717) is 35.0 Å². The van der Waals surface area contributed by atoms with E-state index < -0.39 is 16.6 Å². The van der Waals surface area contributed by atoms with Gasteiger partial charge in [0, 0.05) is 29.5 Å². The Bertz CT molecular complexity index is 1410. The van der Waals surface area contributed by atoms with Gasteiger partial charge in [0.2, 0.25) is 0 Å². The van der Waals surface area contributed by atoms with Gasteiger partial charge in [-0.15, -0.1) is 5.10 Å². The normalized spacial score (nSPS) is 11.2. The van der Waals surface area contributed by atoms with Crippen LogP contribution in [0.3, 0.4) is 0 Å². The molecule has 36 heavy (non-hydrogen) atoms. The Morgan fingerprint density at radius 1 is 1.00 bits per heavy atom. The van der Waals surface area contributed by atoms with Crippen molar-refractivity contribution in [3.63, 3.8) is 0 Å². The standard InChI is InChI=1S/C27H27N5O4/c1-18-13-25(30-31(18)26(33)36-27(2,3)4)29-24-16-20(14-19-9-6-5-7-10-19)15-23(28-24)21-11-8-12-22(17-21)32(34)35/h5-13,15-17H,14H2,1-4H3,(H,28,29,30). The van der Waals surface area contributed by atoms with Crippen molar-refractivity contribution in [2.45, 2.75) is 39.7 Å². The molecule has 0 unspecified atom stereocenters. The maximum Gasteiger partial charge on any atom is 0.435 e. The van der Waals surface area contributed by atoms with Crippen molar-refractivity contribution in [2.24, 2.45) is 0 Å². The number of hydrogen-bond acceptors (Lipinski definition) is 7. The van der Waals surface area contributed by atoms with Crippen molar-refractivity contribution < 1.29 is 14.5 Å². The van der Waals surface area contributed by atoms with Crippen LogP contribution in [0.25, 0.3) is 11.3 Å². The van der Waals surface area contributed by atoms with Crippen LogP contribution in [-0.4, -0.2) is 31.4 Å². The zero-order valence-corrected chi connectivity index (χ0v) is 20.6. The Kier molecular flexibility index (Phi) is 6.82. The summed E-state index contributed by atoms with van der Waals surface area (Å²) >= 11 is 0. The largest absolute Gasteiger partial charge is 0.442 e. The molecule has 0 amide bonds. The number of nitro benzene ring substituents is 1. The first-order chi connectivity index (χ1) is 17.1. The number of benzene rings is 2. The third kappa shape index (κ3) is 6.12. The lowest BCUT2D eigenvalue weighted by molar-refractivity contribution is -0.384. The molecule has 4 rings (SSSR count). The number of pyridine rings is 1. The summed E-state index contributed by atoms with van der Waals surface area (Å²) in [6.45, 7) is 7.14. The van der Waals surface area contributed by atoms with E-state index in [4.69, 9.17) is 4.74 Å². The van der Waals surface area contributed by atoms with Gasteiger partial charge < -0.3 is 10.1 Å². The molecule has 4 aromatic rings. The van der Waals surface area contributed by atoms with Gasteiger partial charge in [-0.3, -0.25) is 10.1 Å². The fourth-order valence-corrected chi connectivity index (χ4v) is 3.67. The Hall–Kier alpha value is -4.53. The Labute approximate surface area is 208 Å². The minimum Gasteiger partial charge on any atom is -0.442 e. The smallest absolute Gasteiger partial charge is 0.435 e. The van der Waals surface area contributed by atoms with Crippen molar-refractivity contribution >= 4 is 23.4 Å². The predicted octanol–water partition coefficient (Wildman–Crippen LogP) is 6.28. The van der Waals surface area contributed by atoms with Crippen molar-refractivity contribution in [3.8, 4) is 11.3 Å². The summed E-state index contributed by atoms with van der Waals surface area (Å²) in [7, 11) is 0. The molecule has 0 radical (unpaired) electrons. The second-order valence-electron chi connectivity index (χ2n) is 9.40. The first-order valence-corrected chi connectivity index (χ1v) is 11.4. The highest BCUT2D eigenvalue weighted by molar-refractivity contribution is 5.72. The maximum absolute atomic E-state index is 12.5. The summed E-state index contributed by atoms with van der Waals surface area (Å²) in [5.74, 6) is 0.923. The van der Waals surface area contributed by atoms with E-state index >= 15 is 0 Å². The van der Waals surface area contributed by atoms with E-state index in [-0.39, 0.29) is 5.69 Å². The number of carbonyl (C=O) groups excluding carboxylic acids is 1. The van der Waals surface area contributed by atoms with E-state index in [1.54, 1.807) is 45.9 Å². The van der Waals surface area contributed by atoms with Crippen LogP contribution in [0.5, 0.6) is 0 Å². The Balaban J connectivity index is 1.70. The molecule has 0 spiro atoms. The summed E-state index contributed by atoms with van der Waals surface area (Å²) in [4.78, 5) is 28.1. The highest BCUT2D eigenvalue weighted by atomic mass is 16.6. The van der Waals surface area contributed by atoms with Gasteiger partial charge in [-0.1, -0.05) is 42.5 Å². The molecule has 0 saturated carbocycles. The Morgan fingerprint density at radius 3 is 2.44 bits per heavy atom. The van der Waals surface area contributed by atoms with Gasteiger partial charge in [-0.05, 0) is 57.4 Å². The summed E-state index contributed by atoms with van der Waals surface area (Å²) in [6.07, 6.45) is 0.0712. The number of non-ortho nitro benzene ring substituents is 1. The van der Waals surface area contributed by atoms with Crippen LogP contribution < -0.4 is 5.32 Å². The highest BCUT2D eigenvalue weighted by Gasteiger charge is 2.21. The van der Waals surface area contributed by atoms with Gasteiger partial charge in [-0.25, -0.2) is 9.78 Å². The number of hydrogen-bond donors (Lipinski definition) is 1. The zero-order chi connectivity index (χ0) is 25.9. The second-order valence-corrected chi connectivity index (χ2v) is 9.40. The van der Waals surface area contributed by atoms with E-state index in [2.05, 4.69) is 15.4 Å². The molecule has 0 atom stereocenters. The van der Waals surface area contributed by atoms with Crippen LogP contribution in [-0.2, 0) is 11.2 Å². The number of ether oxygens (including phenoxy) is 1. The van der Waals surface area contributed by atoms with Crippen LogP contribution in [0.1, 0.15) is 37.6 Å². The number of carbonyl (C=O) groups is 1. The molecule has 0 saturated heterocycles. The molecule has 9 heteroatoms. The van der Waals surface area contributed by atoms with Gasteiger partial charge in [-0.2, -0.15) is 4.68 Å². The molecule has 0 aliphatic carbocycles. The maximum atomic E-state index is 12.5. The first kappa shape index (κ1) is 24.6. The minimum atomic E-state index is -0.649. The summed E-state index contributed by atoms with van der Waals surface area (Å²) in [5.41, 5.74) is 3.22. The third-order valence-corrected chi connectivity index (χ3v) is 5.20. The number of aryl methyl sites for hydroxylation is 1. The van der Waals surface area contributed by atoms with E-state index in [9.17, 15) is 14.9 Å². The van der Waals surface area contributed by atoms with Gasteiger partial charge in [0.05, 0.1) is 10.6 Å². The van der Waals surface area contributed by atoms with Gasteiger partial charge in [0.1, 0.15) is 11.4 Å². The molecule has 2 aromatic heterocycles. The van der Waals surface area contributed by atoms with Crippen LogP contribution >= 0.6 is 0 Å². The molecule has 0 aliphatic heterocycles. The molecular formula is C27H27N5O4. The molecule has 9 nitrogen and oxygen atoms in total. The topological polar surface area (TPSA) is 112 Å². The summed E-state index contributed by atoms with van der Waals surface area (Å²) in [6, 6.07) is 21.9. The van der Waals surface area contributed by atoms with Gasteiger partial charge in [0.15, 0.2) is 5.82 Å². The van der Waals surface area contributed by atoms with Crippen LogP contribution in [0.2, 0.25) is 0 Å². The van der Waals surface area contributed by atoms with Crippen molar-refractivity contribution in [2.75, 3.05) is 5.32 Å². The van der Waals surface area contributed by atoms with Gasteiger partial charge >= 0.3 is 6.09 Å². The average molecular weight is 486 g/mol. The Morgan fingerprint density at radius 2 is 1.75 bits per heavy atom. The lowest BCUT2D eigenvalue weighted by Gasteiger charge is -2.19. The molecule has 2 heterocycles. The molecule has 0 aliphatic rings. The van der Waals surface area contributed by atoms with Crippen LogP contribution in [0.4, 0.5) is 22.1 Å². The number of rotatable bonds is 6. The number of nitrogens with one attached hydrogen (secondary N) is 1. The molecule has 184 valence electrons. The van der Waals surface area contributed by atoms with Crippen LogP contribution in [0.15, 0.2) is 72.8 Å². The fourth-order valence-electron chi connectivity index (χ4n) is 3.67. The average Bonchev–Trinajstić information content (AvgIpc) is 3.18. The van der Waals surface area contributed by atoms with Crippen LogP contribution in [0, 0.1) is 17.0 Å². The van der Waals surface area contributed by atoms with Gasteiger partial charge in [0.25, 0.3) is 5.69 Å². The second kappa shape index (κ2) is 9.99. The third-order valence-electron chi connectivity index (χ3n) is 5.20. The minimum absolute atomic E-state index is 0.0102. The lowest BCUT2D eigenvalue weighted by atomic mass is 10.0. The lowest BCUT2D eigenvalue weighted by Crippen LogP contribution is -2.28. The van der Waals surface area contributed by atoms with E-state index in [1.807, 2.05) is 42.5 Å². The predicted molar refractivity (Wildman–Crippen MR) is 137 cm³/mol. The SMILES string of the molecule is Cc1cc(Nc2cc(Cc3ccccc3)cc(-c3cccc([N+](=O)[O-])c3)n2)nn1C(=O)OC(C)(C)C. The first-order valence-electron chi connectivity index (χ1n) is 11.4. The fraction of sp³-hybridized carbons (Fsp3) is 0.222. The summed E-state index contributed by atoms with van der Waals surface area (Å²) in [5, 5.41) is 18.8. The van der Waals surface area contributed by atoms with Crippen molar-refractivity contribution in [1.82, 2.24) is 14.8 Å².